The molecule has 7 nitrogen and oxygen atoms in total. The van der Waals surface area contributed by atoms with Crippen LogP contribution in [0.25, 0.3) is 0 Å². The molecular formula is C22H21N3O4. The molecule has 0 aliphatic heterocycles. The van der Waals surface area contributed by atoms with E-state index in [4.69, 9.17) is 4.74 Å². The minimum atomic E-state index is -0.385. The molecule has 0 atom stereocenters. The molecule has 0 aliphatic carbocycles. The van der Waals surface area contributed by atoms with Crippen molar-refractivity contribution in [2.24, 2.45) is 0 Å². The number of nitrogens with one attached hydrogen (secondary N) is 2. The van der Waals surface area contributed by atoms with Gasteiger partial charge in [0, 0.05) is 5.69 Å². The first kappa shape index (κ1) is 19.9. The molecule has 2 aromatic carbocycles. The number of benzene rings is 2. The monoisotopic (exact) mass is 391 g/mol. The van der Waals surface area contributed by atoms with Crippen LogP contribution in [0.5, 0.6) is 5.75 Å². The van der Waals surface area contributed by atoms with Crippen LogP contribution in [-0.2, 0) is 9.53 Å². The van der Waals surface area contributed by atoms with Crippen molar-refractivity contribution in [3.8, 4) is 5.75 Å². The zero-order chi connectivity index (χ0) is 20.6. The normalized spacial score (nSPS) is 10.1. The molecule has 0 unspecified atom stereocenters. The van der Waals surface area contributed by atoms with E-state index in [1.807, 2.05) is 31.2 Å². The number of carbonyl (C=O) groups excluding carboxylic acids is 2. The number of methoxy groups -OCH3 is 1. The zero-order valence-corrected chi connectivity index (χ0v) is 16.1. The summed E-state index contributed by atoms with van der Waals surface area (Å²) in [6.07, 6.45) is 1.60. The number of pyridine rings is 1. The van der Waals surface area contributed by atoms with Crippen LogP contribution in [0.15, 0.2) is 66.9 Å². The molecule has 0 saturated heterocycles. The van der Waals surface area contributed by atoms with E-state index in [0.717, 1.165) is 16.9 Å². The predicted molar refractivity (Wildman–Crippen MR) is 111 cm³/mol. The van der Waals surface area contributed by atoms with Gasteiger partial charge in [-0.2, -0.15) is 0 Å². The number of anilines is 3. The van der Waals surface area contributed by atoms with Gasteiger partial charge < -0.3 is 20.1 Å². The summed E-state index contributed by atoms with van der Waals surface area (Å²) in [6, 6.07) is 17.8. The molecule has 1 heterocycles. The van der Waals surface area contributed by atoms with Crippen molar-refractivity contribution >= 4 is 29.1 Å². The third-order valence-corrected chi connectivity index (χ3v) is 4.02. The molecule has 0 fully saturated rings. The van der Waals surface area contributed by atoms with Gasteiger partial charge in [0.05, 0.1) is 24.6 Å². The van der Waals surface area contributed by atoms with E-state index in [9.17, 15) is 9.59 Å². The number of hydrogen-bond acceptors (Lipinski definition) is 6. The summed E-state index contributed by atoms with van der Waals surface area (Å²) in [5.74, 6) is 0.382. The van der Waals surface area contributed by atoms with Crippen molar-refractivity contribution in [1.82, 2.24) is 4.98 Å². The van der Waals surface area contributed by atoms with Gasteiger partial charge in [-0.3, -0.25) is 4.79 Å². The lowest BCUT2D eigenvalue weighted by Crippen LogP contribution is -2.20. The minimum Gasteiger partial charge on any atom is -0.484 e. The second-order valence-electron chi connectivity index (χ2n) is 6.28. The molecule has 148 valence electrons. The fraction of sp³-hybridized carbons (Fsp3) is 0.136. The van der Waals surface area contributed by atoms with Crippen LogP contribution in [0, 0.1) is 6.92 Å². The molecule has 29 heavy (non-hydrogen) atoms. The minimum absolute atomic E-state index is 0.0999. The maximum atomic E-state index is 12.0. The van der Waals surface area contributed by atoms with E-state index < -0.39 is 0 Å². The number of aryl methyl sites for hydroxylation is 1. The third-order valence-electron chi connectivity index (χ3n) is 4.02. The van der Waals surface area contributed by atoms with Crippen molar-refractivity contribution in [2.75, 3.05) is 24.4 Å². The highest BCUT2D eigenvalue weighted by atomic mass is 16.5. The van der Waals surface area contributed by atoms with Crippen molar-refractivity contribution in [3.05, 3.63) is 78.0 Å². The summed E-state index contributed by atoms with van der Waals surface area (Å²) in [5, 5.41) is 5.85. The SMILES string of the molecule is COC(=O)c1ccc(Nc2ccc(NC(=O)COc3ccc(C)cc3)nc2)cc1. The molecule has 0 bridgehead atoms. The lowest BCUT2D eigenvalue weighted by molar-refractivity contribution is -0.118. The van der Waals surface area contributed by atoms with Gasteiger partial charge in [0.2, 0.25) is 0 Å². The fourth-order valence-electron chi connectivity index (χ4n) is 2.48. The number of carbonyl (C=O) groups is 2. The van der Waals surface area contributed by atoms with Gasteiger partial charge in [-0.1, -0.05) is 17.7 Å². The van der Waals surface area contributed by atoms with Gasteiger partial charge in [-0.15, -0.1) is 0 Å². The fourth-order valence-corrected chi connectivity index (χ4v) is 2.48. The van der Waals surface area contributed by atoms with Crippen LogP contribution in [0.2, 0.25) is 0 Å². The third kappa shape index (κ3) is 5.80. The van der Waals surface area contributed by atoms with Crippen LogP contribution in [0.1, 0.15) is 15.9 Å². The molecule has 0 radical (unpaired) electrons. The second kappa shape index (κ2) is 9.36. The predicted octanol–water partition coefficient (Wildman–Crippen LogP) is 3.94. The van der Waals surface area contributed by atoms with E-state index in [-0.39, 0.29) is 18.5 Å². The number of nitrogens with zero attached hydrogens (tertiary/aromatic N) is 1. The smallest absolute Gasteiger partial charge is 0.337 e. The van der Waals surface area contributed by atoms with Crippen molar-refractivity contribution < 1.29 is 19.1 Å². The number of aromatic nitrogens is 1. The lowest BCUT2D eigenvalue weighted by Gasteiger charge is -2.09. The lowest BCUT2D eigenvalue weighted by atomic mass is 10.2. The number of amides is 1. The Morgan fingerprint density at radius 2 is 1.62 bits per heavy atom. The van der Waals surface area contributed by atoms with Gasteiger partial charge in [-0.05, 0) is 55.5 Å². The van der Waals surface area contributed by atoms with E-state index in [2.05, 4.69) is 20.4 Å². The summed E-state index contributed by atoms with van der Waals surface area (Å²) in [7, 11) is 1.34. The summed E-state index contributed by atoms with van der Waals surface area (Å²) < 4.78 is 10.1. The number of hydrogen-bond donors (Lipinski definition) is 2. The van der Waals surface area contributed by atoms with E-state index in [1.54, 1.807) is 42.6 Å². The van der Waals surface area contributed by atoms with Gasteiger partial charge in [0.25, 0.3) is 5.91 Å². The summed E-state index contributed by atoms with van der Waals surface area (Å²) in [4.78, 5) is 27.7. The van der Waals surface area contributed by atoms with E-state index in [0.29, 0.717) is 17.1 Å². The van der Waals surface area contributed by atoms with Crippen LogP contribution in [-0.4, -0.2) is 30.6 Å². The largest absolute Gasteiger partial charge is 0.484 e. The molecule has 2 N–H and O–H groups in total. The van der Waals surface area contributed by atoms with Crippen LogP contribution >= 0.6 is 0 Å². The van der Waals surface area contributed by atoms with Crippen LogP contribution in [0.4, 0.5) is 17.2 Å². The molecule has 3 rings (SSSR count). The molecule has 1 aromatic heterocycles. The average Bonchev–Trinajstić information content (AvgIpc) is 2.75. The molecular weight excluding hydrogens is 370 g/mol. The van der Waals surface area contributed by atoms with E-state index in [1.165, 1.54) is 7.11 Å². The van der Waals surface area contributed by atoms with Gasteiger partial charge in [-0.25, -0.2) is 9.78 Å². The molecule has 0 saturated carbocycles. The maximum absolute atomic E-state index is 12.0. The number of rotatable bonds is 7. The highest BCUT2D eigenvalue weighted by Gasteiger charge is 2.06. The van der Waals surface area contributed by atoms with Gasteiger partial charge in [0.1, 0.15) is 11.6 Å². The maximum Gasteiger partial charge on any atom is 0.337 e. The Morgan fingerprint density at radius 1 is 0.931 bits per heavy atom. The topological polar surface area (TPSA) is 89.6 Å². The molecule has 1 amide bonds. The first-order valence-electron chi connectivity index (χ1n) is 8.94. The van der Waals surface area contributed by atoms with Crippen molar-refractivity contribution in [3.63, 3.8) is 0 Å². The standard InChI is InChI=1S/C22H21N3O4/c1-15-3-10-19(11-4-15)29-14-21(26)25-20-12-9-18(13-23-20)24-17-7-5-16(6-8-17)22(27)28-2/h3-13,24H,14H2,1-2H3,(H,23,25,26). The average molecular weight is 391 g/mol. The Bertz CT molecular complexity index is 968. The van der Waals surface area contributed by atoms with Gasteiger partial charge >= 0.3 is 5.97 Å². The Morgan fingerprint density at radius 3 is 2.24 bits per heavy atom. The summed E-state index contributed by atoms with van der Waals surface area (Å²) in [5.41, 5.74) is 3.13. The zero-order valence-electron chi connectivity index (χ0n) is 16.1. The van der Waals surface area contributed by atoms with Crippen molar-refractivity contribution in [2.45, 2.75) is 6.92 Å². The first-order valence-corrected chi connectivity index (χ1v) is 8.94. The molecule has 3 aromatic rings. The molecule has 7 heteroatoms. The van der Waals surface area contributed by atoms with Gasteiger partial charge in [0.15, 0.2) is 6.61 Å². The first-order chi connectivity index (χ1) is 14.0. The Balaban J connectivity index is 1.51. The van der Waals surface area contributed by atoms with Crippen LogP contribution < -0.4 is 15.4 Å². The molecule has 0 aliphatic rings. The quantitative estimate of drug-likeness (QED) is 0.593. The number of ether oxygens (including phenoxy) is 2. The second-order valence-corrected chi connectivity index (χ2v) is 6.28. The molecule has 0 spiro atoms. The van der Waals surface area contributed by atoms with Crippen LogP contribution in [0.3, 0.4) is 0 Å². The number of esters is 1. The highest BCUT2D eigenvalue weighted by molar-refractivity contribution is 5.91. The Labute approximate surface area is 168 Å². The summed E-state index contributed by atoms with van der Waals surface area (Å²) in [6.45, 7) is 1.88. The highest BCUT2D eigenvalue weighted by Crippen LogP contribution is 2.18. The Kier molecular flexibility index (Phi) is 6.42. The van der Waals surface area contributed by atoms with Crippen molar-refractivity contribution in [1.29, 1.82) is 0 Å². The summed E-state index contributed by atoms with van der Waals surface area (Å²) >= 11 is 0. The Hall–Kier alpha value is -3.87. The van der Waals surface area contributed by atoms with E-state index >= 15 is 0 Å².